The molecule has 1 aromatic carbocycles. The van der Waals surface area contributed by atoms with Crippen LogP contribution in [0.2, 0.25) is 0 Å². The minimum absolute atomic E-state index is 0.145. The molecule has 2 rings (SSSR count). The SMILES string of the molecule is CC(NC(=O)CCCn1cncn1)C(O)c1ccc(F)cc1. The van der Waals surface area contributed by atoms with Gasteiger partial charge in [-0.3, -0.25) is 9.48 Å². The molecule has 2 N–H and O–H groups in total. The summed E-state index contributed by atoms with van der Waals surface area (Å²) < 4.78 is 14.5. The molecule has 0 aliphatic rings. The minimum atomic E-state index is -0.875. The van der Waals surface area contributed by atoms with Crippen molar-refractivity contribution < 1.29 is 14.3 Å². The van der Waals surface area contributed by atoms with Crippen LogP contribution in [-0.4, -0.2) is 31.8 Å². The molecule has 1 aromatic heterocycles. The molecule has 118 valence electrons. The van der Waals surface area contributed by atoms with Crippen LogP contribution in [0.25, 0.3) is 0 Å². The first kappa shape index (κ1) is 16.1. The van der Waals surface area contributed by atoms with Gasteiger partial charge in [-0.2, -0.15) is 5.10 Å². The van der Waals surface area contributed by atoms with E-state index in [2.05, 4.69) is 15.4 Å². The quantitative estimate of drug-likeness (QED) is 0.811. The number of aryl methyl sites for hydroxylation is 1. The van der Waals surface area contributed by atoms with Gasteiger partial charge >= 0.3 is 0 Å². The molecule has 2 aromatic rings. The normalized spacial score (nSPS) is 13.6. The summed E-state index contributed by atoms with van der Waals surface area (Å²) in [6, 6.07) is 5.13. The molecule has 0 aliphatic carbocycles. The van der Waals surface area contributed by atoms with Crippen molar-refractivity contribution in [3.8, 4) is 0 Å². The van der Waals surface area contributed by atoms with E-state index in [0.29, 0.717) is 24.9 Å². The first-order chi connectivity index (χ1) is 10.6. The first-order valence-electron chi connectivity index (χ1n) is 7.11. The molecule has 2 unspecified atom stereocenters. The number of rotatable bonds is 7. The van der Waals surface area contributed by atoms with Gasteiger partial charge in [-0.25, -0.2) is 9.37 Å². The lowest BCUT2D eigenvalue weighted by Crippen LogP contribution is -2.37. The predicted octanol–water partition coefficient (Wildman–Crippen LogP) is 1.44. The molecule has 22 heavy (non-hydrogen) atoms. The van der Waals surface area contributed by atoms with Crippen LogP contribution in [0.4, 0.5) is 4.39 Å². The molecule has 0 aliphatic heterocycles. The number of hydrogen-bond donors (Lipinski definition) is 2. The highest BCUT2D eigenvalue weighted by Gasteiger charge is 2.18. The van der Waals surface area contributed by atoms with E-state index in [0.717, 1.165) is 0 Å². The summed E-state index contributed by atoms with van der Waals surface area (Å²) in [7, 11) is 0. The summed E-state index contributed by atoms with van der Waals surface area (Å²) in [5, 5.41) is 16.8. The Hall–Kier alpha value is -2.28. The van der Waals surface area contributed by atoms with E-state index in [1.807, 2.05) is 0 Å². The first-order valence-corrected chi connectivity index (χ1v) is 7.11. The Morgan fingerprint density at radius 1 is 1.41 bits per heavy atom. The van der Waals surface area contributed by atoms with E-state index in [-0.39, 0.29) is 11.7 Å². The maximum atomic E-state index is 12.9. The van der Waals surface area contributed by atoms with Gasteiger partial charge in [0, 0.05) is 13.0 Å². The van der Waals surface area contributed by atoms with Crippen LogP contribution in [0.5, 0.6) is 0 Å². The topological polar surface area (TPSA) is 80.0 Å². The number of aromatic nitrogens is 3. The van der Waals surface area contributed by atoms with Crippen LogP contribution in [0.1, 0.15) is 31.4 Å². The lowest BCUT2D eigenvalue weighted by molar-refractivity contribution is -0.122. The number of aliphatic hydroxyl groups is 1. The van der Waals surface area contributed by atoms with Gasteiger partial charge in [0.15, 0.2) is 0 Å². The van der Waals surface area contributed by atoms with Gasteiger partial charge in [0.25, 0.3) is 0 Å². The summed E-state index contributed by atoms with van der Waals surface area (Å²) in [4.78, 5) is 15.7. The highest BCUT2D eigenvalue weighted by atomic mass is 19.1. The van der Waals surface area contributed by atoms with Gasteiger partial charge in [-0.05, 0) is 31.0 Å². The molecular weight excluding hydrogens is 287 g/mol. The number of hydrogen-bond acceptors (Lipinski definition) is 4. The van der Waals surface area contributed by atoms with Crippen molar-refractivity contribution in [3.63, 3.8) is 0 Å². The van der Waals surface area contributed by atoms with Gasteiger partial charge in [0.1, 0.15) is 18.5 Å². The Morgan fingerprint density at radius 2 is 2.14 bits per heavy atom. The van der Waals surface area contributed by atoms with E-state index in [4.69, 9.17) is 0 Å². The fraction of sp³-hybridized carbons (Fsp3) is 0.400. The third kappa shape index (κ3) is 4.63. The summed E-state index contributed by atoms with van der Waals surface area (Å²) in [5.74, 6) is -0.505. The number of halogens is 1. The lowest BCUT2D eigenvalue weighted by atomic mass is 10.0. The second-order valence-electron chi connectivity index (χ2n) is 5.11. The van der Waals surface area contributed by atoms with Gasteiger partial charge < -0.3 is 10.4 Å². The van der Waals surface area contributed by atoms with E-state index in [1.165, 1.54) is 30.6 Å². The third-order valence-corrected chi connectivity index (χ3v) is 3.33. The standard InChI is InChI=1S/C15H19FN4O2/c1-11(15(22)12-4-6-13(16)7-5-12)19-14(21)3-2-8-20-10-17-9-18-20/h4-7,9-11,15,22H,2-3,8H2,1H3,(H,19,21). The van der Waals surface area contributed by atoms with E-state index in [9.17, 15) is 14.3 Å². The van der Waals surface area contributed by atoms with Crippen molar-refractivity contribution in [2.24, 2.45) is 0 Å². The van der Waals surface area contributed by atoms with Crippen LogP contribution in [0, 0.1) is 5.82 Å². The smallest absolute Gasteiger partial charge is 0.220 e. The van der Waals surface area contributed by atoms with Crippen molar-refractivity contribution in [3.05, 3.63) is 48.3 Å². The van der Waals surface area contributed by atoms with Crippen molar-refractivity contribution in [2.75, 3.05) is 0 Å². The highest BCUT2D eigenvalue weighted by Crippen LogP contribution is 2.17. The lowest BCUT2D eigenvalue weighted by Gasteiger charge is -2.20. The molecule has 2 atom stereocenters. The molecule has 0 fully saturated rings. The zero-order valence-electron chi connectivity index (χ0n) is 12.3. The molecular formula is C15H19FN4O2. The fourth-order valence-corrected chi connectivity index (χ4v) is 2.10. The molecule has 6 nitrogen and oxygen atoms in total. The molecule has 0 spiro atoms. The number of benzene rings is 1. The van der Waals surface area contributed by atoms with Crippen LogP contribution in [-0.2, 0) is 11.3 Å². The van der Waals surface area contributed by atoms with Crippen molar-refractivity contribution in [1.29, 1.82) is 0 Å². The Labute approximate surface area is 128 Å². The number of nitrogens with one attached hydrogen (secondary N) is 1. The minimum Gasteiger partial charge on any atom is -0.386 e. The van der Waals surface area contributed by atoms with Gasteiger partial charge in [0.2, 0.25) is 5.91 Å². The van der Waals surface area contributed by atoms with Crippen molar-refractivity contribution >= 4 is 5.91 Å². The summed E-state index contributed by atoms with van der Waals surface area (Å²) in [6.45, 7) is 2.33. The summed E-state index contributed by atoms with van der Waals surface area (Å²) in [5.41, 5.74) is 0.566. The maximum absolute atomic E-state index is 12.9. The van der Waals surface area contributed by atoms with Crippen LogP contribution >= 0.6 is 0 Å². The predicted molar refractivity (Wildman–Crippen MR) is 78.2 cm³/mol. The van der Waals surface area contributed by atoms with Gasteiger partial charge in [-0.15, -0.1) is 0 Å². The second-order valence-corrected chi connectivity index (χ2v) is 5.11. The summed E-state index contributed by atoms with van der Waals surface area (Å²) in [6.07, 6.45) is 3.13. The molecule has 0 bridgehead atoms. The highest BCUT2D eigenvalue weighted by molar-refractivity contribution is 5.76. The number of carbonyl (C=O) groups is 1. The largest absolute Gasteiger partial charge is 0.386 e. The Bertz CT molecular complexity index is 586. The number of amides is 1. The zero-order valence-corrected chi connectivity index (χ0v) is 12.3. The zero-order chi connectivity index (χ0) is 15.9. The molecule has 0 saturated carbocycles. The second kappa shape index (κ2) is 7.65. The van der Waals surface area contributed by atoms with E-state index < -0.39 is 12.1 Å². The molecule has 0 saturated heterocycles. The van der Waals surface area contributed by atoms with Crippen molar-refractivity contribution in [2.45, 2.75) is 38.5 Å². The third-order valence-electron chi connectivity index (χ3n) is 3.33. The fourth-order valence-electron chi connectivity index (χ4n) is 2.10. The van der Waals surface area contributed by atoms with E-state index in [1.54, 1.807) is 17.9 Å². The molecule has 1 amide bonds. The Kier molecular flexibility index (Phi) is 5.60. The van der Waals surface area contributed by atoms with Crippen LogP contribution in [0.15, 0.2) is 36.9 Å². The van der Waals surface area contributed by atoms with Gasteiger partial charge in [-0.1, -0.05) is 12.1 Å². The number of nitrogens with zero attached hydrogens (tertiary/aromatic N) is 3. The molecule has 0 radical (unpaired) electrons. The summed E-state index contributed by atoms with van der Waals surface area (Å²) >= 11 is 0. The van der Waals surface area contributed by atoms with Gasteiger partial charge in [0.05, 0.1) is 12.1 Å². The van der Waals surface area contributed by atoms with Crippen LogP contribution in [0.3, 0.4) is 0 Å². The van der Waals surface area contributed by atoms with Crippen molar-refractivity contribution in [1.82, 2.24) is 20.1 Å². The molecule has 1 heterocycles. The Morgan fingerprint density at radius 3 is 2.77 bits per heavy atom. The monoisotopic (exact) mass is 306 g/mol. The average molecular weight is 306 g/mol. The maximum Gasteiger partial charge on any atom is 0.220 e. The molecule has 7 heteroatoms. The number of aliphatic hydroxyl groups excluding tert-OH is 1. The average Bonchev–Trinajstić information content (AvgIpc) is 3.00. The van der Waals surface area contributed by atoms with Crippen LogP contribution < -0.4 is 5.32 Å². The van der Waals surface area contributed by atoms with E-state index >= 15 is 0 Å². The number of carbonyl (C=O) groups excluding carboxylic acids is 1. The Balaban J connectivity index is 1.76.